The Balaban J connectivity index is 2.11. The quantitative estimate of drug-likeness (QED) is 0.533. The summed E-state index contributed by atoms with van der Waals surface area (Å²) in [6, 6.07) is 9.23. The number of anilines is 1. The standard InChI is InChI=1S/C14H10ClN3O3/c15-11-7-8-16-13(9-11)17-14(19)6-5-10-3-1-2-4-12(10)18(20)21/h1-9H,(H,16,17,19)/b6-5+. The summed E-state index contributed by atoms with van der Waals surface area (Å²) in [5, 5.41) is 13.8. The summed E-state index contributed by atoms with van der Waals surface area (Å²) in [7, 11) is 0. The molecule has 1 amide bonds. The number of hydrogen-bond donors (Lipinski definition) is 1. The molecule has 1 heterocycles. The molecule has 21 heavy (non-hydrogen) atoms. The molecular weight excluding hydrogens is 294 g/mol. The van der Waals surface area contributed by atoms with Gasteiger partial charge in [0.05, 0.1) is 10.5 Å². The number of nitrogens with zero attached hydrogens (tertiary/aromatic N) is 2. The number of aromatic nitrogens is 1. The zero-order valence-electron chi connectivity index (χ0n) is 10.7. The predicted octanol–water partition coefficient (Wildman–Crippen LogP) is 3.30. The van der Waals surface area contributed by atoms with E-state index in [1.807, 2.05) is 0 Å². The Morgan fingerprint density at radius 2 is 2.10 bits per heavy atom. The van der Waals surface area contributed by atoms with E-state index in [0.29, 0.717) is 16.4 Å². The number of benzene rings is 1. The smallest absolute Gasteiger partial charge is 0.276 e. The first-order valence-corrected chi connectivity index (χ1v) is 6.28. The molecule has 0 spiro atoms. The average molecular weight is 304 g/mol. The number of carbonyl (C=O) groups is 1. The van der Waals surface area contributed by atoms with Gasteiger partial charge in [-0.2, -0.15) is 0 Å². The van der Waals surface area contributed by atoms with E-state index >= 15 is 0 Å². The minimum Gasteiger partial charge on any atom is -0.307 e. The zero-order chi connectivity index (χ0) is 15.2. The molecular formula is C14H10ClN3O3. The van der Waals surface area contributed by atoms with Crippen LogP contribution in [0.2, 0.25) is 5.02 Å². The Labute approximate surface area is 125 Å². The van der Waals surface area contributed by atoms with Crippen LogP contribution in [0, 0.1) is 10.1 Å². The summed E-state index contributed by atoms with van der Waals surface area (Å²) >= 11 is 5.77. The van der Waals surface area contributed by atoms with Crippen molar-refractivity contribution in [3.05, 3.63) is 69.4 Å². The number of halogens is 1. The normalized spacial score (nSPS) is 10.5. The highest BCUT2D eigenvalue weighted by atomic mass is 35.5. The van der Waals surface area contributed by atoms with Crippen molar-refractivity contribution in [1.29, 1.82) is 0 Å². The van der Waals surface area contributed by atoms with Crippen LogP contribution in [0.25, 0.3) is 6.08 Å². The molecule has 0 saturated carbocycles. The summed E-state index contributed by atoms with van der Waals surface area (Å²) in [5.41, 5.74) is 0.277. The van der Waals surface area contributed by atoms with Crippen molar-refractivity contribution in [2.24, 2.45) is 0 Å². The second-order valence-electron chi connectivity index (χ2n) is 4.00. The molecule has 2 rings (SSSR count). The Kier molecular flexibility index (Phi) is 4.63. The number of rotatable bonds is 4. The largest absolute Gasteiger partial charge is 0.307 e. The fourth-order valence-electron chi connectivity index (χ4n) is 1.60. The molecule has 1 aromatic carbocycles. The van der Waals surface area contributed by atoms with Gasteiger partial charge in [0.1, 0.15) is 5.82 Å². The van der Waals surface area contributed by atoms with Gasteiger partial charge in [-0.25, -0.2) is 4.98 Å². The third-order valence-electron chi connectivity index (χ3n) is 2.52. The van der Waals surface area contributed by atoms with Crippen LogP contribution in [0.4, 0.5) is 11.5 Å². The van der Waals surface area contributed by atoms with Crippen molar-refractivity contribution in [2.75, 3.05) is 5.32 Å². The topological polar surface area (TPSA) is 85.1 Å². The highest BCUT2D eigenvalue weighted by molar-refractivity contribution is 6.30. The highest BCUT2D eigenvalue weighted by Crippen LogP contribution is 2.19. The number of carbonyl (C=O) groups excluding carboxylic acids is 1. The predicted molar refractivity (Wildman–Crippen MR) is 80.0 cm³/mol. The van der Waals surface area contributed by atoms with Gasteiger partial charge in [0.2, 0.25) is 5.91 Å². The van der Waals surface area contributed by atoms with Crippen molar-refractivity contribution in [3.63, 3.8) is 0 Å². The first-order chi connectivity index (χ1) is 10.1. The SMILES string of the molecule is O=C(/C=C/c1ccccc1[N+](=O)[O-])Nc1cc(Cl)ccn1. The van der Waals surface area contributed by atoms with Crippen molar-refractivity contribution < 1.29 is 9.72 Å². The second kappa shape index (κ2) is 6.62. The minimum atomic E-state index is -0.504. The summed E-state index contributed by atoms with van der Waals surface area (Å²) in [6.07, 6.45) is 4.03. The number of nitrogens with one attached hydrogen (secondary N) is 1. The summed E-state index contributed by atoms with van der Waals surface area (Å²) in [4.78, 5) is 26.0. The van der Waals surface area contributed by atoms with Gasteiger partial charge >= 0.3 is 0 Å². The van der Waals surface area contributed by atoms with E-state index in [9.17, 15) is 14.9 Å². The molecule has 6 nitrogen and oxygen atoms in total. The number of nitro groups is 1. The lowest BCUT2D eigenvalue weighted by Crippen LogP contribution is -2.08. The van der Waals surface area contributed by atoms with E-state index in [4.69, 9.17) is 11.6 Å². The van der Waals surface area contributed by atoms with Crippen LogP contribution in [0.3, 0.4) is 0 Å². The van der Waals surface area contributed by atoms with Crippen LogP contribution in [-0.2, 0) is 4.79 Å². The molecule has 0 radical (unpaired) electrons. The maximum absolute atomic E-state index is 11.7. The van der Waals surface area contributed by atoms with E-state index in [1.54, 1.807) is 24.3 Å². The first kappa shape index (κ1) is 14.7. The Morgan fingerprint density at radius 1 is 1.33 bits per heavy atom. The minimum absolute atomic E-state index is 0.0672. The number of hydrogen-bond acceptors (Lipinski definition) is 4. The van der Waals surface area contributed by atoms with Crippen LogP contribution in [-0.4, -0.2) is 15.8 Å². The van der Waals surface area contributed by atoms with Gasteiger partial charge in [0.15, 0.2) is 0 Å². The maximum Gasteiger partial charge on any atom is 0.276 e. The number of nitro benzene ring substituents is 1. The lowest BCUT2D eigenvalue weighted by Gasteiger charge is -2.01. The molecule has 0 saturated heterocycles. The van der Waals surface area contributed by atoms with Crippen molar-refractivity contribution in [3.8, 4) is 0 Å². The monoisotopic (exact) mass is 303 g/mol. The maximum atomic E-state index is 11.7. The van der Waals surface area contributed by atoms with Crippen LogP contribution >= 0.6 is 11.6 Å². The molecule has 7 heteroatoms. The van der Waals surface area contributed by atoms with Gasteiger partial charge in [-0.05, 0) is 24.3 Å². The lowest BCUT2D eigenvalue weighted by atomic mass is 10.1. The molecule has 106 valence electrons. The van der Waals surface area contributed by atoms with Crippen molar-refractivity contribution in [2.45, 2.75) is 0 Å². The molecule has 2 aromatic rings. The average Bonchev–Trinajstić information content (AvgIpc) is 2.45. The first-order valence-electron chi connectivity index (χ1n) is 5.90. The molecule has 0 aliphatic heterocycles. The third kappa shape index (κ3) is 4.12. The summed E-state index contributed by atoms with van der Waals surface area (Å²) in [6.45, 7) is 0. The van der Waals surface area contributed by atoms with E-state index in [-0.39, 0.29) is 5.69 Å². The van der Waals surface area contributed by atoms with Gasteiger partial charge in [-0.3, -0.25) is 14.9 Å². The van der Waals surface area contributed by atoms with Crippen LogP contribution < -0.4 is 5.32 Å². The van der Waals surface area contributed by atoms with Gasteiger partial charge in [-0.15, -0.1) is 0 Å². The highest BCUT2D eigenvalue weighted by Gasteiger charge is 2.09. The van der Waals surface area contributed by atoms with Crippen LogP contribution in [0.15, 0.2) is 48.7 Å². The van der Waals surface area contributed by atoms with Gasteiger partial charge in [-0.1, -0.05) is 23.7 Å². The molecule has 0 bridgehead atoms. The Bertz CT molecular complexity index is 716. The Hall–Kier alpha value is -2.73. The molecule has 0 atom stereocenters. The van der Waals surface area contributed by atoms with E-state index in [2.05, 4.69) is 10.3 Å². The summed E-state index contributed by atoms with van der Waals surface area (Å²) in [5.74, 6) is -0.150. The van der Waals surface area contributed by atoms with Crippen molar-refractivity contribution in [1.82, 2.24) is 4.98 Å². The van der Waals surface area contributed by atoms with Gasteiger partial charge < -0.3 is 5.32 Å². The van der Waals surface area contributed by atoms with Crippen molar-refractivity contribution >= 4 is 35.1 Å². The lowest BCUT2D eigenvalue weighted by molar-refractivity contribution is -0.385. The van der Waals surface area contributed by atoms with Crippen LogP contribution in [0.5, 0.6) is 0 Å². The molecule has 1 N–H and O–H groups in total. The van der Waals surface area contributed by atoms with E-state index < -0.39 is 10.8 Å². The third-order valence-corrected chi connectivity index (χ3v) is 2.76. The van der Waals surface area contributed by atoms with E-state index in [0.717, 1.165) is 0 Å². The van der Waals surface area contributed by atoms with Crippen LogP contribution in [0.1, 0.15) is 5.56 Å². The molecule has 0 aliphatic rings. The number of amides is 1. The number of pyridine rings is 1. The molecule has 0 unspecified atom stereocenters. The number of para-hydroxylation sites is 1. The van der Waals surface area contributed by atoms with Gasteiger partial charge in [0, 0.05) is 23.4 Å². The fourth-order valence-corrected chi connectivity index (χ4v) is 1.76. The fraction of sp³-hybridized carbons (Fsp3) is 0. The Morgan fingerprint density at radius 3 is 2.81 bits per heavy atom. The summed E-state index contributed by atoms with van der Waals surface area (Å²) < 4.78 is 0. The molecule has 1 aromatic heterocycles. The van der Waals surface area contributed by atoms with E-state index in [1.165, 1.54) is 30.5 Å². The van der Waals surface area contributed by atoms with Gasteiger partial charge in [0.25, 0.3) is 5.69 Å². The zero-order valence-corrected chi connectivity index (χ0v) is 11.4. The second-order valence-corrected chi connectivity index (χ2v) is 4.43. The molecule has 0 fully saturated rings. The molecule has 0 aliphatic carbocycles.